The molecule has 31 heavy (non-hydrogen) atoms. The molecule has 2 fully saturated rings. The fraction of sp³-hybridized carbons (Fsp3) is 0.583. The number of aromatic amines is 1. The lowest BCUT2D eigenvalue weighted by atomic mass is 9.94. The maximum absolute atomic E-state index is 13.4. The zero-order chi connectivity index (χ0) is 21.4. The summed E-state index contributed by atoms with van der Waals surface area (Å²) in [5.74, 6) is 0.822. The van der Waals surface area contributed by atoms with Crippen LogP contribution in [0.2, 0.25) is 0 Å². The minimum absolute atomic E-state index is 0.0324. The molecule has 1 saturated heterocycles. The van der Waals surface area contributed by atoms with E-state index in [0.29, 0.717) is 6.04 Å². The molecule has 5 rings (SSSR count). The quantitative estimate of drug-likeness (QED) is 0.684. The van der Waals surface area contributed by atoms with E-state index in [2.05, 4.69) is 57.5 Å². The summed E-state index contributed by atoms with van der Waals surface area (Å²) in [6, 6.07) is 6.41. The average molecular weight is 421 g/mol. The maximum atomic E-state index is 13.4. The third-order valence-corrected chi connectivity index (χ3v) is 7.31. The van der Waals surface area contributed by atoms with Crippen molar-refractivity contribution in [2.24, 2.45) is 0 Å². The zero-order valence-corrected chi connectivity index (χ0v) is 18.6. The van der Waals surface area contributed by atoms with E-state index in [-0.39, 0.29) is 11.6 Å². The molecule has 0 spiro atoms. The highest BCUT2D eigenvalue weighted by Gasteiger charge is 2.33. The van der Waals surface area contributed by atoms with Crippen molar-refractivity contribution < 1.29 is 0 Å². The van der Waals surface area contributed by atoms with Crippen LogP contribution in [0, 0.1) is 13.8 Å². The highest BCUT2D eigenvalue weighted by atomic mass is 16.1. The number of aromatic nitrogens is 5. The predicted molar refractivity (Wildman–Crippen MR) is 121 cm³/mol. The van der Waals surface area contributed by atoms with Crippen LogP contribution in [0.3, 0.4) is 0 Å². The van der Waals surface area contributed by atoms with Crippen LogP contribution in [0.1, 0.15) is 86.0 Å². The number of nitrogens with one attached hydrogen (secondary N) is 1. The van der Waals surface area contributed by atoms with Crippen molar-refractivity contribution in [3.05, 3.63) is 51.1 Å². The number of H-pyrrole nitrogens is 1. The van der Waals surface area contributed by atoms with Crippen molar-refractivity contribution in [2.45, 2.75) is 77.3 Å². The second-order valence-corrected chi connectivity index (χ2v) is 9.30. The zero-order valence-electron chi connectivity index (χ0n) is 18.6. The minimum atomic E-state index is -0.216. The average Bonchev–Trinajstić information content (AvgIpc) is 3.28. The van der Waals surface area contributed by atoms with Gasteiger partial charge >= 0.3 is 0 Å². The second-order valence-electron chi connectivity index (χ2n) is 9.30. The second kappa shape index (κ2) is 8.54. The third kappa shape index (κ3) is 3.80. The number of nitrogens with zero attached hydrogens (tertiary/aromatic N) is 5. The van der Waals surface area contributed by atoms with Crippen molar-refractivity contribution in [1.29, 1.82) is 0 Å². The number of tetrazole rings is 1. The van der Waals surface area contributed by atoms with Gasteiger partial charge in [0.2, 0.25) is 0 Å². The number of rotatable bonds is 4. The Bertz CT molecular complexity index is 1120. The number of hydrogen-bond donors (Lipinski definition) is 1. The maximum Gasteiger partial charge on any atom is 0.253 e. The van der Waals surface area contributed by atoms with Crippen molar-refractivity contribution in [1.82, 2.24) is 30.1 Å². The van der Waals surface area contributed by atoms with E-state index in [1.165, 1.54) is 31.2 Å². The molecule has 0 radical (unpaired) electrons. The third-order valence-electron chi connectivity index (χ3n) is 7.31. The molecule has 1 atom stereocenters. The molecule has 1 aromatic carbocycles. The molecular formula is C24H32N6O. The molecule has 0 unspecified atom stereocenters. The molecule has 164 valence electrons. The normalized spacial score (nSPS) is 19.7. The SMILES string of the molecule is Cc1ccc2cc([C@H](c3nnnn3C3CCCCC3)N3CCCCC3)c(=O)[nH]c2c1C. The molecule has 3 aromatic rings. The Labute approximate surface area is 182 Å². The monoisotopic (exact) mass is 420 g/mol. The van der Waals surface area contributed by atoms with E-state index in [9.17, 15) is 4.79 Å². The van der Waals surface area contributed by atoms with Gasteiger partial charge in [-0.3, -0.25) is 9.69 Å². The van der Waals surface area contributed by atoms with Crippen LogP contribution in [-0.2, 0) is 0 Å². The number of fused-ring (bicyclic) bond motifs is 1. The molecule has 0 amide bonds. The summed E-state index contributed by atoms with van der Waals surface area (Å²) < 4.78 is 2.03. The van der Waals surface area contributed by atoms with E-state index in [1.54, 1.807) is 0 Å². The van der Waals surface area contributed by atoms with Gasteiger partial charge in [0.1, 0.15) is 6.04 Å². The number of likely N-dealkylation sites (tertiary alicyclic amines) is 1. The smallest absolute Gasteiger partial charge is 0.253 e. The number of piperidine rings is 1. The van der Waals surface area contributed by atoms with E-state index in [4.69, 9.17) is 0 Å². The van der Waals surface area contributed by atoms with Gasteiger partial charge < -0.3 is 4.98 Å². The van der Waals surface area contributed by atoms with Gasteiger partial charge in [-0.25, -0.2) is 4.68 Å². The first-order chi connectivity index (χ1) is 15.1. The molecule has 2 aromatic heterocycles. The Morgan fingerprint density at radius 3 is 2.55 bits per heavy atom. The molecule has 2 aliphatic rings. The fourth-order valence-electron chi connectivity index (χ4n) is 5.39. The molecule has 1 saturated carbocycles. The molecule has 1 N–H and O–H groups in total. The van der Waals surface area contributed by atoms with Crippen molar-refractivity contribution in [3.63, 3.8) is 0 Å². The van der Waals surface area contributed by atoms with Crippen LogP contribution in [0.15, 0.2) is 23.0 Å². The first kappa shape index (κ1) is 20.4. The van der Waals surface area contributed by atoms with Crippen molar-refractivity contribution >= 4 is 10.9 Å². The summed E-state index contributed by atoms with van der Waals surface area (Å²) in [6.07, 6.45) is 9.46. The first-order valence-electron chi connectivity index (χ1n) is 11.8. The van der Waals surface area contributed by atoms with Gasteiger partial charge in [0.05, 0.1) is 11.6 Å². The van der Waals surface area contributed by atoms with Crippen LogP contribution in [0.5, 0.6) is 0 Å². The Balaban J connectivity index is 1.65. The fourth-order valence-corrected chi connectivity index (χ4v) is 5.39. The summed E-state index contributed by atoms with van der Waals surface area (Å²) in [5, 5.41) is 14.1. The summed E-state index contributed by atoms with van der Waals surface area (Å²) in [6.45, 7) is 6.08. The van der Waals surface area contributed by atoms with E-state index < -0.39 is 0 Å². The molecule has 1 aliphatic carbocycles. The van der Waals surface area contributed by atoms with Crippen molar-refractivity contribution in [3.8, 4) is 0 Å². The predicted octanol–water partition coefficient (Wildman–Crippen LogP) is 4.21. The minimum Gasteiger partial charge on any atom is -0.321 e. The van der Waals surface area contributed by atoms with Gasteiger partial charge in [0.25, 0.3) is 5.56 Å². The molecule has 0 bridgehead atoms. The standard InChI is InChI=1S/C24H32N6O/c1-16-11-12-18-15-20(24(31)25-21(18)17(16)2)22(29-13-7-4-8-14-29)23-26-27-28-30(23)19-9-5-3-6-10-19/h11-12,15,19,22H,3-10,13-14H2,1-2H3,(H,25,31)/t22-/m1/s1. The number of aryl methyl sites for hydroxylation is 2. The van der Waals surface area contributed by atoms with E-state index >= 15 is 0 Å². The first-order valence-corrected chi connectivity index (χ1v) is 11.8. The van der Waals surface area contributed by atoms with Crippen LogP contribution in [0.25, 0.3) is 10.9 Å². The highest BCUT2D eigenvalue weighted by molar-refractivity contribution is 5.83. The molecule has 1 aliphatic heterocycles. The Morgan fingerprint density at radius 2 is 1.77 bits per heavy atom. The van der Waals surface area contributed by atoms with Gasteiger partial charge in [0.15, 0.2) is 5.82 Å². The summed E-state index contributed by atoms with van der Waals surface area (Å²) >= 11 is 0. The lowest BCUT2D eigenvalue weighted by molar-refractivity contribution is 0.171. The van der Waals surface area contributed by atoms with Gasteiger partial charge in [-0.1, -0.05) is 37.8 Å². The van der Waals surface area contributed by atoms with Crippen LogP contribution < -0.4 is 5.56 Å². The summed E-state index contributed by atoms with van der Waals surface area (Å²) in [5.41, 5.74) is 3.96. The van der Waals surface area contributed by atoms with Crippen LogP contribution in [-0.4, -0.2) is 43.2 Å². The van der Waals surface area contributed by atoms with E-state index in [1.807, 2.05) is 4.68 Å². The Morgan fingerprint density at radius 1 is 1.03 bits per heavy atom. The molecule has 7 nitrogen and oxygen atoms in total. The van der Waals surface area contributed by atoms with Crippen LogP contribution >= 0.6 is 0 Å². The molecular weight excluding hydrogens is 388 g/mol. The lowest BCUT2D eigenvalue weighted by Crippen LogP contribution is -2.39. The molecule has 3 heterocycles. The largest absolute Gasteiger partial charge is 0.321 e. The number of benzene rings is 1. The van der Waals surface area contributed by atoms with Crippen molar-refractivity contribution in [2.75, 3.05) is 13.1 Å². The molecule has 7 heteroatoms. The van der Waals surface area contributed by atoms with Crippen LogP contribution in [0.4, 0.5) is 0 Å². The van der Waals surface area contributed by atoms with Gasteiger partial charge in [-0.15, -0.1) is 5.10 Å². The Kier molecular flexibility index (Phi) is 5.61. The van der Waals surface area contributed by atoms with Gasteiger partial charge in [-0.2, -0.15) is 0 Å². The number of hydrogen-bond acceptors (Lipinski definition) is 5. The lowest BCUT2D eigenvalue weighted by Gasteiger charge is -2.34. The van der Waals surface area contributed by atoms with E-state index in [0.717, 1.165) is 66.6 Å². The van der Waals surface area contributed by atoms with Gasteiger partial charge in [-0.05, 0) is 85.6 Å². The topological polar surface area (TPSA) is 79.7 Å². The summed E-state index contributed by atoms with van der Waals surface area (Å²) in [7, 11) is 0. The highest BCUT2D eigenvalue weighted by Crippen LogP contribution is 2.34. The van der Waals surface area contributed by atoms with Gasteiger partial charge in [0, 0.05) is 5.56 Å². The Hall–Kier alpha value is -2.54. The number of pyridine rings is 1. The summed E-state index contributed by atoms with van der Waals surface area (Å²) in [4.78, 5) is 19.0.